The largest absolute Gasteiger partial charge is 0.457 e. The predicted octanol–water partition coefficient (Wildman–Crippen LogP) is 4.24. The highest BCUT2D eigenvalue weighted by Gasteiger charge is 2.31. The van der Waals surface area contributed by atoms with Crippen LogP contribution in [0, 0.1) is 17.1 Å². The molecule has 5 N–H and O–H groups in total. The van der Waals surface area contributed by atoms with Crippen LogP contribution < -0.4 is 21.1 Å². The highest BCUT2D eigenvalue weighted by atomic mass is 19.1. The molecule has 0 bridgehead atoms. The molecular formula is C24H23FN4O2. The molecule has 0 spiro atoms. The first kappa shape index (κ1) is 20.4. The number of allylic oxidation sites excluding steroid dienone is 4. The zero-order valence-corrected chi connectivity index (χ0v) is 17.0. The van der Waals surface area contributed by atoms with Crippen LogP contribution in [0.4, 0.5) is 10.1 Å². The molecule has 1 amide bonds. The summed E-state index contributed by atoms with van der Waals surface area (Å²) in [5, 5.41) is 14.1. The monoisotopic (exact) mass is 418 g/mol. The van der Waals surface area contributed by atoms with Crippen LogP contribution in [0.15, 0.2) is 83.2 Å². The highest BCUT2D eigenvalue weighted by Crippen LogP contribution is 2.41. The first-order valence-corrected chi connectivity index (χ1v) is 9.99. The van der Waals surface area contributed by atoms with Crippen molar-refractivity contribution in [1.82, 2.24) is 5.32 Å². The van der Waals surface area contributed by atoms with Crippen molar-refractivity contribution in [3.63, 3.8) is 0 Å². The van der Waals surface area contributed by atoms with Crippen LogP contribution in [-0.4, -0.2) is 18.7 Å². The number of carbonyl (C=O) groups excluding carboxylic acids is 1. The van der Waals surface area contributed by atoms with Crippen molar-refractivity contribution in [2.45, 2.75) is 12.8 Å². The van der Waals surface area contributed by atoms with Crippen molar-refractivity contribution in [3.8, 4) is 11.5 Å². The summed E-state index contributed by atoms with van der Waals surface area (Å²) >= 11 is 0. The molecule has 2 aliphatic rings. The molecular weight excluding hydrogens is 395 g/mol. The van der Waals surface area contributed by atoms with Crippen LogP contribution in [0.2, 0.25) is 0 Å². The van der Waals surface area contributed by atoms with Crippen molar-refractivity contribution in [3.05, 3.63) is 89.0 Å². The Morgan fingerprint density at radius 1 is 1.06 bits per heavy atom. The second kappa shape index (κ2) is 8.47. The minimum Gasteiger partial charge on any atom is -0.457 e. The Bertz CT molecular complexity index is 1110. The fourth-order valence-corrected chi connectivity index (χ4v) is 3.35. The number of carbonyl (C=O) groups is 1. The molecule has 2 aliphatic carbocycles. The van der Waals surface area contributed by atoms with E-state index in [0.717, 1.165) is 18.4 Å². The van der Waals surface area contributed by atoms with E-state index in [1.54, 1.807) is 49.5 Å². The van der Waals surface area contributed by atoms with Gasteiger partial charge < -0.3 is 26.5 Å². The Kier molecular flexibility index (Phi) is 5.58. The van der Waals surface area contributed by atoms with Crippen molar-refractivity contribution in [2.24, 2.45) is 11.7 Å². The molecule has 0 unspecified atom stereocenters. The average Bonchev–Trinajstić information content (AvgIpc) is 3.60. The van der Waals surface area contributed by atoms with Gasteiger partial charge in [0.15, 0.2) is 0 Å². The quantitative estimate of drug-likeness (QED) is 0.527. The molecule has 0 atom stereocenters. The Morgan fingerprint density at radius 3 is 2.26 bits per heavy atom. The van der Waals surface area contributed by atoms with Crippen LogP contribution in [0.25, 0.3) is 0 Å². The second-order valence-corrected chi connectivity index (χ2v) is 7.46. The molecule has 2 aromatic rings. The standard InChI is InChI=1S/C24H23FN4O2/c1-28-24(30)23(20-12-19(14-2-3-14)21(26)13-22(20)27)29-16-6-10-18(11-7-16)31-17-8-4-15(25)5-9-17/h4-14,27,29H,2-3,26H2,1H3,(H,28,30)/b23-20-,27-22?. The molecule has 158 valence electrons. The van der Waals surface area contributed by atoms with Crippen LogP contribution in [0.5, 0.6) is 11.5 Å². The van der Waals surface area contributed by atoms with E-state index < -0.39 is 0 Å². The van der Waals surface area contributed by atoms with Gasteiger partial charge in [0.2, 0.25) is 0 Å². The van der Waals surface area contributed by atoms with Crippen LogP contribution in [-0.2, 0) is 4.79 Å². The Balaban J connectivity index is 1.58. The predicted molar refractivity (Wildman–Crippen MR) is 118 cm³/mol. The molecule has 0 aromatic heterocycles. The molecule has 0 saturated heterocycles. The molecule has 1 fully saturated rings. The van der Waals surface area contributed by atoms with Gasteiger partial charge in [-0.3, -0.25) is 4.79 Å². The lowest BCUT2D eigenvalue weighted by Gasteiger charge is -2.19. The topological polar surface area (TPSA) is 100 Å². The number of halogens is 1. The van der Waals surface area contributed by atoms with Gasteiger partial charge in [0.1, 0.15) is 23.0 Å². The Labute approximate surface area is 179 Å². The molecule has 0 aliphatic heterocycles. The van der Waals surface area contributed by atoms with E-state index in [1.807, 2.05) is 6.08 Å². The third-order valence-electron chi connectivity index (χ3n) is 5.14. The Hall–Kier alpha value is -3.87. The summed E-state index contributed by atoms with van der Waals surface area (Å²) in [6, 6.07) is 12.8. The first-order valence-electron chi connectivity index (χ1n) is 9.99. The van der Waals surface area contributed by atoms with Gasteiger partial charge in [0.05, 0.1) is 5.71 Å². The number of hydrogen-bond donors (Lipinski definition) is 4. The third kappa shape index (κ3) is 4.66. The number of benzene rings is 2. The van der Waals surface area contributed by atoms with E-state index >= 15 is 0 Å². The number of amides is 1. The fourth-order valence-electron chi connectivity index (χ4n) is 3.35. The van der Waals surface area contributed by atoms with Gasteiger partial charge >= 0.3 is 0 Å². The maximum Gasteiger partial charge on any atom is 0.268 e. The molecule has 1 saturated carbocycles. The van der Waals surface area contributed by atoms with Crippen molar-refractivity contribution in [2.75, 3.05) is 12.4 Å². The normalized spacial score (nSPS) is 17.4. The van der Waals surface area contributed by atoms with E-state index in [2.05, 4.69) is 10.6 Å². The summed E-state index contributed by atoms with van der Waals surface area (Å²) in [4.78, 5) is 12.6. The van der Waals surface area contributed by atoms with Gasteiger partial charge in [-0.1, -0.05) is 0 Å². The number of anilines is 1. The summed E-state index contributed by atoms with van der Waals surface area (Å²) < 4.78 is 18.7. The number of rotatable bonds is 6. The van der Waals surface area contributed by atoms with Crippen molar-refractivity contribution < 1.29 is 13.9 Å². The molecule has 0 heterocycles. The van der Waals surface area contributed by atoms with Crippen molar-refractivity contribution >= 4 is 17.3 Å². The third-order valence-corrected chi connectivity index (χ3v) is 5.14. The van der Waals surface area contributed by atoms with Crippen LogP contribution in [0.1, 0.15) is 12.8 Å². The van der Waals surface area contributed by atoms with E-state index in [-0.39, 0.29) is 23.1 Å². The minimum absolute atomic E-state index is 0.185. The number of nitrogens with two attached hydrogens (primary N) is 1. The lowest BCUT2D eigenvalue weighted by atomic mass is 9.93. The average molecular weight is 418 g/mol. The first-order chi connectivity index (χ1) is 14.9. The summed E-state index contributed by atoms with van der Waals surface area (Å²) in [6.45, 7) is 0. The van der Waals surface area contributed by atoms with Crippen molar-refractivity contribution in [1.29, 1.82) is 5.41 Å². The van der Waals surface area contributed by atoms with E-state index in [4.69, 9.17) is 15.9 Å². The Morgan fingerprint density at radius 2 is 1.68 bits per heavy atom. The lowest BCUT2D eigenvalue weighted by molar-refractivity contribution is -0.116. The van der Waals surface area contributed by atoms with Gasteiger partial charge in [-0.2, -0.15) is 0 Å². The van der Waals surface area contributed by atoms with Crippen LogP contribution >= 0.6 is 0 Å². The number of ether oxygens (including phenoxy) is 1. The van der Waals surface area contributed by atoms with Gasteiger partial charge in [-0.15, -0.1) is 0 Å². The van der Waals surface area contributed by atoms with Crippen LogP contribution in [0.3, 0.4) is 0 Å². The maximum absolute atomic E-state index is 13.0. The summed E-state index contributed by atoms with van der Waals surface area (Å²) in [6.07, 6.45) is 5.59. The zero-order valence-electron chi connectivity index (χ0n) is 17.0. The molecule has 2 aromatic carbocycles. The highest BCUT2D eigenvalue weighted by molar-refractivity contribution is 6.16. The smallest absolute Gasteiger partial charge is 0.268 e. The summed E-state index contributed by atoms with van der Waals surface area (Å²) in [5.41, 5.74) is 9.30. The maximum atomic E-state index is 13.0. The molecule has 7 heteroatoms. The summed E-state index contributed by atoms with van der Waals surface area (Å²) in [7, 11) is 1.55. The molecule has 4 rings (SSSR count). The second-order valence-electron chi connectivity index (χ2n) is 7.46. The minimum atomic E-state index is -0.328. The summed E-state index contributed by atoms with van der Waals surface area (Å²) in [5.74, 6) is 0.835. The van der Waals surface area contributed by atoms with E-state index in [9.17, 15) is 9.18 Å². The number of likely N-dealkylation sites (N-methyl/N-ethyl adjacent to an activating group) is 1. The SMILES string of the molecule is CNC(=O)/C(Nc1ccc(Oc2ccc(F)cc2)cc1)=C1\C=C(C2CC2)C(N)=CC1=N. The fraction of sp³-hybridized carbons (Fsp3) is 0.167. The van der Waals surface area contributed by atoms with E-state index in [1.165, 1.54) is 12.1 Å². The van der Waals surface area contributed by atoms with Gasteiger partial charge in [-0.25, -0.2) is 4.39 Å². The molecule has 0 radical (unpaired) electrons. The number of nitrogens with one attached hydrogen (secondary N) is 3. The number of hydrogen-bond acceptors (Lipinski definition) is 5. The zero-order chi connectivity index (χ0) is 22.0. The van der Waals surface area contributed by atoms with E-state index in [0.29, 0.717) is 34.4 Å². The lowest BCUT2D eigenvalue weighted by Crippen LogP contribution is -2.28. The van der Waals surface area contributed by atoms with Gasteiger partial charge in [0.25, 0.3) is 5.91 Å². The van der Waals surface area contributed by atoms with Gasteiger partial charge in [0, 0.05) is 24.0 Å². The molecule has 31 heavy (non-hydrogen) atoms. The van der Waals surface area contributed by atoms with Gasteiger partial charge in [-0.05, 0) is 85.0 Å². The molecule has 6 nitrogen and oxygen atoms in total.